The van der Waals surface area contributed by atoms with Gasteiger partial charge in [-0.05, 0) is 39.7 Å². The third-order valence-electron chi connectivity index (χ3n) is 2.20. The lowest BCUT2D eigenvalue weighted by Crippen LogP contribution is -2.00. The average Bonchev–Trinajstić information content (AvgIpc) is 2.71. The summed E-state index contributed by atoms with van der Waals surface area (Å²) in [4.78, 5) is 12.4. The topological polar surface area (TPSA) is 56.5 Å². The number of fused-ring (bicyclic) bond motifs is 1. The molecule has 0 aliphatic carbocycles. The SMILES string of the molecule is Clc1ncc2cnn(-c3cccc(Br)n3)c2n1. The Morgan fingerprint density at radius 2 is 2.06 bits per heavy atom. The van der Waals surface area contributed by atoms with Crippen LogP contribution in [0.15, 0.2) is 35.2 Å². The Hall–Kier alpha value is -1.53. The lowest BCUT2D eigenvalue weighted by molar-refractivity contribution is 0.858. The van der Waals surface area contributed by atoms with Gasteiger partial charge in [0.25, 0.3) is 0 Å². The molecule has 0 bridgehead atoms. The number of hydrogen-bond acceptors (Lipinski definition) is 4. The van der Waals surface area contributed by atoms with Crippen LogP contribution in [-0.4, -0.2) is 24.7 Å². The van der Waals surface area contributed by atoms with Gasteiger partial charge >= 0.3 is 0 Å². The highest BCUT2D eigenvalue weighted by molar-refractivity contribution is 9.10. The minimum Gasteiger partial charge on any atom is -0.226 e. The molecule has 0 aliphatic heterocycles. The molecule has 0 saturated heterocycles. The van der Waals surface area contributed by atoms with Gasteiger partial charge in [-0.2, -0.15) is 14.8 Å². The van der Waals surface area contributed by atoms with Crippen LogP contribution in [0.1, 0.15) is 0 Å². The zero-order valence-electron chi connectivity index (χ0n) is 8.38. The molecule has 3 aromatic rings. The molecule has 0 N–H and O–H groups in total. The molecule has 84 valence electrons. The first-order valence-corrected chi connectivity index (χ1v) is 5.90. The second-order valence-corrected chi connectivity index (χ2v) is 4.44. The molecular formula is C10H5BrClN5. The summed E-state index contributed by atoms with van der Waals surface area (Å²) in [6, 6.07) is 5.56. The van der Waals surface area contributed by atoms with Crippen LogP contribution >= 0.6 is 27.5 Å². The van der Waals surface area contributed by atoms with Crippen molar-refractivity contribution >= 4 is 38.6 Å². The quantitative estimate of drug-likeness (QED) is 0.512. The summed E-state index contributed by atoms with van der Waals surface area (Å²) in [6.07, 6.45) is 3.31. The minimum atomic E-state index is 0.189. The molecular weight excluding hydrogens is 306 g/mol. The first-order valence-electron chi connectivity index (χ1n) is 4.73. The molecule has 17 heavy (non-hydrogen) atoms. The zero-order chi connectivity index (χ0) is 11.8. The molecule has 0 atom stereocenters. The molecule has 3 rings (SSSR count). The average molecular weight is 311 g/mol. The molecule has 5 nitrogen and oxygen atoms in total. The molecule has 0 aliphatic rings. The third-order valence-corrected chi connectivity index (χ3v) is 2.82. The summed E-state index contributed by atoms with van der Waals surface area (Å²) in [6.45, 7) is 0. The lowest BCUT2D eigenvalue weighted by atomic mass is 10.4. The van der Waals surface area contributed by atoms with Gasteiger partial charge < -0.3 is 0 Å². The van der Waals surface area contributed by atoms with Crippen molar-refractivity contribution in [3.63, 3.8) is 0 Å². The standard InChI is InChI=1S/C10H5BrClN5/c11-7-2-1-3-8(15-7)17-9-6(5-14-17)4-13-10(12)16-9/h1-5H. The number of pyridine rings is 1. The fourth-order valence-corrected chi connectivity index (χ4v) is 1.94. The summed E-state index contributed by atoms with van der Waals surface area (Å²) in [5, 5.41) is 5.22. The van der Waals surface area contributed by atoms with Gasteiger partial charge in [-0.25, -0.2) is 9.97 Å². The van der Waals surface area contributed by atoms with Crippen LogP contribution in [0.4, 0.5) is 0 Å². The number of rotatable bonds is 1. The van der Waals surface area contributed by atoms with E-state index in [1.54, 1.807) is 17.1 Å². The van der Waals surface area contributed by atoms with Gasteiger partial charge in [0.15, 0.2) is 11.5 Å². The van der Waals surface area contributed by atoms with Crippen LogP contribution in [0.25, 0.3) is 16.9 Å². The van der Waals surface area contributed by atoms with Gasteiger partial charge in [-0.15, -0.1) is 0 Å². The van der Waals surface area contributed by atoms with E-state index in [4.69, 9.17) is 11.6 Å². The Balaban J connectivity index is 2.27. The van der Waals surface area contributed by atoms with E-state index in [2.05, 4.69) is 36.0 Å². The highest BCUT2D eigenvalue weighted by atomic mass is 79.9. The van der Waals surface area contributed by atoms with Gasteiger partial charge in [0.05, 0.1) is 11.6 Å². The Labute approximate surface area is 110 Å². The van der Waals surface area contributed by atoms with Crippen molar-refractivity contribution in [2.75, 3.05) is 0 Å². The molecule has 0 saturated carbocycles. The highest BCUT2D eigenvalue weighted by Gasteiger charge is 2.08. The van der Waals surface area contributed by atoms with Gasteiger partial charge in [0.2, 0.25) is 5.28 Å². The second kappa shape index (κ2) is 4.05. The predicted molar refractivity (Wildman–Crippen MR) is 67.2 cm³/mol. The number of aromatic nitrogens is 5. The van der Waals surface area contributed by atoms with Gasteiger partial charge in [-0.3, -0.25) is 0 Å². The van der Waals surface area contributed by atoms with Crippen molar-refractivity contribution in [3.05, 3.63) is 40.5 Å². The highest BCUT2D eigenvalue weighted by Crippen LogP contribution is 2.17. The molecule has 3 heterocycles. The van der Waals surface area contributed by atoms with Crippen LogP contribution in [0, 0.1) is 0 Å². The predicted octanol–water partition coefficient (Wildman–Crippen LogP) is 2.63. The van der Waals surface area contributed by atoms with E-state index in [0.29, 0.717) is 11.5 Å². The van der Waals surface area contributed by atoms with E-state index in [1.165, 1.54) is 0 Å². The van der Waals surface area contributed by atoms with Crippen molar-refractivity contribution in [1.82, 2.24) is 24.7 Å². The zero-order valence-corrected chi connectivity index (χ0v) is 10.7. The monoisotopic (exact) mass is 309 g/mol. The first kappa shape index (κ1) is 10.6. The fraction of sp³-hybridized carbons (Fsp3) is 0. The van der Waals surface area contributed by atoms with Gasteiger partial charge in [-0.1, -0.05) is 6.07 Å². The Morgan fingerprint density at radius 3 is 2.88 bits per heavy atom. The largest absolute Gasteiger partial charge is 0.226 e. The summed E-state index contributed by atoms with van der Waals surface area (Å²) >= 11 is 9.09. The summed E-state index contributed by atoms with van der Waals surface area (Å²) < 4.78 is 2.35. The fourth-order valence-electron chi connectivity index (χ4n) is 1.48. The molecule has 7 heteroatoms. The Morgan fingerprint density at radius 1 is 1.18 bits per heavy atom. The summed E-state index contributed by atoms with van der Waals surface area (Å²) in [7, 11) is 0. The number of hydrogen-bond donors (Lipinski definition) is 0. The van der Waals surface area contributed by atoms with Crippen molar-refractivity contribution in [2.45, 2.75) is 0 Å². The molecule has 0 amide bonds. The van der Waals surface area contributed by atoms with Crippen LogP contribution < -0.4 is 0 Å². The van der Waals surface area contributed by atoms with E-state index in [9.17, 15) is 0 Å². The molecule has 0 spiro atoms. The maximum absolute atomic E-state index is 5.77. The van der Waals surface area contributed by atoms with Crippen LogP contribution in [-0.2, 0) is 0 Å². The van der Waals surface area contributed by atoms with Gasteiger partial charge in [0.1, 0.15) is 4.60 Å². The minimum absolute atomic E-state index is 0.189. The van der Waals surface area contributed by atoms with Crippen LogP contribution in [0.5, 0.6) is 0 Å². The van der Waals surface area contributed by atoms with Crippen molar-refractivity contribution < 1.29 is 0 Å². The van der Waals surface area contributed by atoms with E-state index in [-0.39, 0.29) is 5.28 Å². The number of halogens is 2. The third kappa shape index (κ3) is 1.89. The van der Waals surface area contributed by atoms with Crippen molar-refractivity contribution in [2.24, 2.45) is 0 Å². The second-order valence-electron chi connectivity index (χ2n) is 3.29. The normalized spacial score (nSPS) is 10.9. The maximum atomic E-state index is 5.77. The molecule has 0 fully saturated rings. The van der Waals surface area contributed by atoms with E-state index < -0.39 is 0 Å². The molecule has 0 aromatic carbocycles. The van der Waals surface area contributed by atoms with Crippen LogP contribution in [0.3, 0.4) is 0 Å². The van der Waals surface area contributed by atoms with Gasteiger partial charge in [0, 0.05) is 6.20 Å². The smallest absolute Gasteiger partial charge is 0.224 e. The molecule has 3 aromatic heterocycles. The molecule has 0 radical (unpaired) electrons. The van der Waals surface area contributed by atoms with E-state index in [1.807, 2.05) is 18.2 Å². The molecule has 0 unspecified atom stereocenters. The lowest BCUT2D eigenvalue weighted by Gasteiger charge is -2.01. The van der Waals surface area contributed by atoms with E-state index >= 15 is 0 Å². The summed E-state index contributed by atoms with van der Waals surface area (Å²) in [5.41, 5.74) is 0.635. The van der Waals surface area contributed by atoms with Crippen molar-refractivity contribution in [1.29, 1.82) is 0 Å². The Bertz CT molecular complexity index is 696. The maximum Gasteiger partial charge on any atom is 0.224 e. The Kier molecular flexibility index (Phi) is 2.53. The number of nitrogens with zero attached hydrogens (tertiary/aromatic N) is 5. The van der Waals surface area contributed by atoms with E-state index in [0.717, 1.165) is 9.99 Å². The van der Waals surface area contributed by atoms with Crippen LogP contribution in [0.2, 0.25) is 5.28 Å². The first-order chi connectivity index (χ1) is 8.24. The van der Waals surface area contributed by atoms with Crippen molar-refractivity contribution in [3.8, 4) is 5.82 Å². The summed E-state index contributed by atoms with van der Waals surface area (Å²) in [5.74, 6) is 0.671.